The van der Waals surface area contributed by atoms with E-state index in [0.29, 0.717) is 5.92 Å². The van der Waals surface area contributed by atoms with Crippen LogP contribution in [0.5, 0.6) is 0 Å². The highest BCUT2D eigenvalue weighted by Gasteiger charge is 1.87. The van der Waals surface area contributed by atoms with Crippen molar-refractivity contribution in [1.29, 1.82) is 0 Å². The molecule has 0 aliphatic rings. The number of hydrogen-bond donors (Lipinski definition) is 0. The molecule has 0 aliphatic heterocycles. The molecule has 0 fully saturated rings. The fraction of sp³-hybridized carbons (Fsp3) is 0.500. The molecule has 62 valence electrons. The first-order valence-corrected chi connectivity index (χ1v) is 3.89. The lowest BCUT2D eigenvalue weighted by molar-refractivity contribution is -0.112. The van der Waals surface area contributed by atoms with Crippen molar-refractivity contribution < 1.29 is 4.79 Å². The van der Waals surface area contributed by atoms with E-state index in [1.807, 2.05) is 13.0 Å². The minimum Gasteiger partial charge on any atom is -0.295 e. The average molecular weight is 152 g/mol. The molecule has 0 saturated carbocycles. The molecule has 1 nitrogen and oxygen atoms in total. The van der Waals surface area contributed by atoms with Gasteiger partial charge < -0.3 is 0 Å². The molecule has 0 aromatic carbocycles. The van der Waals surface area contributed by atoms with Crippen LogP contribution in [0.15, 0.2) is 23.8 Å². The Bertz CT molecular complexity index is 185. The van der Waals surface area contributed by atoms with E-state index in [2.05, 4.69) is 19.9 Å². The van der Waals surface area contributed by atoms with E-state index in [0.717, 1.165) is 5.57 Å². The highest BCUT2D eigenvalue weighted by Crippen LogP contribution is 2.02. The van der Waals surface area contributed by atoms with E-state index in [-0.39, 0.29) is 5.78 Å². The normalized spacial score (nSPS) is 13.0. The monoisotopic (exact) mass is 152 g/mol. The van der Waals surface area contributed by atoms with E-state index < -0.39 is 0 Å². The maximum Gasteiger partial charge on any atom is 0.152 e. The lowest BCUT2D eigenvalue weighted by atomic mass is 10.1. The zero-order chi connectivity index (χ0) is 8.85. The zero-order valence-corrected chi connectivity index (χ0v) is 7.72. The van der Waals surface area contributed by atoms with Crippen LogP contribution in [0.1, 0.15) is 27.7 Å². The number of hydrogen-bond acceptors (Lipinski definition) is 1. The first kappa shape index (κ1) is 10.2. The van der Waals surface area contributed by atoms with Crippen molar-refractivity contribution in [2.75, 3.05) is 0 Å². The van der Waals surface area contributed by atoms with Gasteiger partial charge in [0.15, 0.2) is 5.78 Å². The van der Waals surface area contributed by atoms with Crippen LogP contribution in [0, 0.1) is 5.92 Å². The standard InChI is InChI=1S/C10H16O/c1-8(2)7-9(3)5-6-10(4)11/h5-8H,1-4H3. The predicted molar refractivity (Wildman–Crippen MR) is 48.4 cm³/mol. The molecule has 0 unspecified atom stereocenters. The molecule has 0 spiro atoms. The van der Waals surface area contributed by atoms with Crippen LogP contribution in [-0.4, -0.2) is 5.78 Å². The van der Waals surface area contributed by atoms with Crippen LogP contribution in [-0.2, 0) is 4.79 Å². The van der Waals surface area contributed by atoms with Crippen molar-refractivity contribution in [1.82, 2.24) is 0 Å². The average Bonchev–Trinajstić information content (AvgIpc) is 1.82. The molecule has 1 heteroatoms. The summed E-state index contributed by atoms with van der Waals surface area (Å²) in [6, 6.07) is 0. The van der Waals surface area contributed by atoms with Crippen molar-refractivity contribution in [3.63, 3.8) is 0 Å². The first-order chi connectivity index (χ1) is 5.02. The van der Waals surface area contributed by atoms with Gasteiger partial charge in [0.1, 0.15) is 0 Å². The summed E-state index contributed by atoms with van der Waals surface area (Å²) in [7, 11) is 0. The number of carbonyl (C=O) groups excluding carboxylic acids is 1. The van der Waals surface area contributed by atoms with Gasteiger partial charge in [-0.1, -0.05) is 31.6 Å². The van der Waals surface area contributed by atoms with E-state index in [4.69, 9.17) is 0 Å². The van der Waals surface area contributed by atoms with Crippen molar-refractivity contribution in [2.24, 2.45) is 5.92 Å². The lowest BCUT2D eigenvalue weighted by Gasteiger charge is -1.95. The quantitative estimate of drug-likeness (QED) is 0.449. The largest absolute Gasteiger partial charge is 0.295 e. The Kier molecular flexibility index (Phi) is 4.51. The third-order valence-electron chi connectivity index (χ3n) is 1.18. The predicted octanol–water partition coefficient (Wildman–Crippen LogP) is 2.73. The molecule has 0 heterocycles. The van der Waals surface area contributed by atoms with Gasteiger partial charge in [-0.3, -0.25) is 4.79 Å². The third kappa shape index (κ3) is 7.04. The molecule has 11 heavy (non-hydrogen) atoms. The number of rotatable bonds is 3. The van der Waals surface area contributed by atoms with Crippen LogP contribution < -0.4 is 0 Å². The molecule has 0 aliphatic carbocycles. The highest BCUT2D eigenvalue weighted by atomic mass is 16.1. The van der Waals surface area contributed by atoms with E-state index in [9.17, 15) is 4.79 Å². The Morgan fingerprint density at radius 3 is 2.09 bits per heavy atom. The van der Waals surface area contributed by atoms with E-state index in [1.165, 1.54) is 0 Å². The smallest absolute Gasteiger partial charge is 0.152 e. The van der Waals surface area contributed by atoms with Crippen LogP contribution in [0.25, 0.3) is 0 Å². The molecule has 0 saturated heterocycles. The summed E-state index contributed by atoms with van der Waals surface area (Å²) in [5.41, 5.74) is 1.15. The van der Waals surface area contributed by atoms with Gasteiger partial charge in [0, 0.05) is 0 Å². The van der Waals surface area contributed by atoms with Crippen LogP contribution in [0.3, 0.4) is 0 Å². The van der Waals surface area contributed by atoms with Gasteiger partial charge in [0.25, 0.3) is 0 Å². The van der Waals surface area contributed by atoms with Gasteiger partial charge >= 0.3 is 0 Å². The number of ketones is 1. The van der Waals surface area contributed by atoms with Gasteiger partial charge in [0.05, 0.1) is 0 Å². The van der Waals surface area contributed by atoms with Crippen LogP contribution >= 0.6 is 0 Å². The van der Waals surface area contributed by atoms with Gasteiger partial charge in [-0.15, -0.1) is 0 Å². The first-order valence-electron chi connectivity index (χ1n) is 3.89. The highest BCUT2D eigenvalue weighted by molar-refractivity contribution is 5.87. The topological polar surface area (TPSA) is 17.1 Å². The Hall–Kier alpha value is -0.850. The second-order valence-electron chi connectivity index (χ2n) is 3.10. The number of carbonyl (C=O) groups is 1. The summed E-state index contributed by atoms with van der Waals surface area (Å²) in [6.45, 7) is 7.79. The molecule has 0 aromatic heterocycles. The van der Waals surface area contributed by atoms with Crippen molar-refractivity contribution >= 4 is 5.78 Å². The van der Waals surface area contributed by atoms with Crippen LogP contribution in [0.2, 0.25) is 0 Å². The molecule has 0 aromatic rings. The van der Waals surface area contributed by atoms with Gasteiger partial charge in [-0.2, -0.15) is 0 Å². The summed E-state index contributed by atoms with van der Waals surface area (Å²) in [5, 5.41) is 0. The minimum atomic E-state index is 0.0986. The van der Waals surface area contributed by atoms with Crippen molar-refractivity contribution in [3.8, 4) is 0 Å². The maximum atomic E-state index is 10.5. The maximum absolute atomic E-state index is 10.5. The van der Waals surface area contributed by atoms with Gasteiger partial charge in [-0.05, 0) is 25.8 Å². The second kappa shape index (κ2) is 4.89. The summed E-state index contributed by atoms with van der Waals surface area (Å²) in [6.07, 6.45) is 5.57. The second-order valence-corrected chi connectivity index (χ2v) is 3.10. The van der Waals surface area contributed by atoms with Crippen molar-refractivity contribution in [2.45, 2.75) is 27.7 Å². The van der Waals surface area contributed by atoms with E-state index >= 15 is 0 Å². The minimum absolute atomic E-state index is 0.0986. The Morgan fingerprint density at radius 2 is 1.73 bits per heavy atom. The summed E-state index contributed by atoms with van der Waals surface area (Å²) < 4.78 is 0. The zero-order valence-electron chi connectivity index (χ0n) is 7.72. The molecule has 0 rings (SSSR count). The fourth-order valence-electron chi connectivity index (χ4n) is 0.830. The fourth-order valence-corrected chi connectivity index (χ4v) is 0.830. The number of allylic oxidation sites excluding steroid dienone is 4. The molecular weight excluding hydrogens is 136 g/mol. The Balaban J connectivity index is 4.05. The molecular formula is C10H16O. The van der Waals surface area contributed by atoms with Crippen LogP contribution in [0.4, 0.5) is 0 Å². The molecule has 0 N–H and O–H groups in total. The third-order valence-corrected chi connectivity index (χ3v) is 1.18. The van der Waals surface area contributed by atoms with Gasteiger partial charge in [-0.25, -0.2) is 0 Å². The Labute approximate surface area is 68.8 Å². The van der Waals surface area contributed by atoms with Crippen molar-refractivity contribution in [3.05, 3.63) is 23.8 Å². The van der Waals surface area contributed by atoms with E-state index in [1.54, 1.807) is 13.0 Å². The lowest BCUT2D eigenvalue weighted by Crippen LogP contribution is -1.83. The summed E-state index contributed by atoms with van der Waals surface area (Å²) in [4.78, 5) is 10.5. The molecule has 0 radical (unpaired) electrons. The summed E-state index contributed by atoms with van der Waals surface area (Å²) >= 11 is 0. The molecule has 0 atom stereocenters. The summed E-state index contributed by atoms with van der Waals surface area (Å²) in [5.74, 6) is 0.646. The Morgan fingerprint density at radius 1 is 1.18 bits per heavy atom. The molecule has 0 amide bonds. The SMILES string of the molecule is CC(=O)C=CC(C)=CC(C)C. The molecule has 0 bridgehead atoms. The van der Waals surface area contributed by atoms with Gasteiger partial charge in [0.2, 0.25) is 0 Å².